The molecule has 3 heteroatoms. The summed E-state index contributed by atoms with van der Waals surface area (Å²) in [4.78, 5) is 5.52. The van der Waals surface area contributed by atoms with E-state index in [1.807, 2.05) is 42.5 Å². The number of nitriles is 1. The van der Waals surface area contributed by atoms with Crippen molar-refractivity contribution in [2.45, 2.75) is 0 Å². The molecule has 0 saturated carbocycles. The minimum atomic E-state index is 0.770. The van der Waals surface area contributed by atoms with Gasteiger partial charge in [0.25, 0.3) is 0 Å². The Morgan fingerprint density at radius 2 is 1.73 bits per heavy atom. The minimum Gasteiger partial charge on any atom is -0.263 e. The molecule has 0 N–H and O–H groups in total. The van der Waals surface area contributed by atoms with Crippen molar-refractivity contribution in [3.05, 3.63) is 54.9 Å². The van der Waals surface area contributed by atoms with Gasteiger partial charge in [-0.1, -0.05) is 18.2 Å². The van der Waals surface area contributed by atoms with Crippen molar-refractivity contribution in [2.75, 3.05) is 4.90 Å². The molecule has 0 saturated heterocycles. The van der Waals surface area contributed by atoms with Crippen LogP contribution in [0.25, 0.3) is 0 Å². The largest absolute Gasteiger partial charge is 0.263 e. The van der Waals surface area contributed by atoms with Crippen molar-refractivity contribution in [1.82, 2.24) is 4.98 Å². The lowest BCUT2D eigenvalue weighted by Gasteiger charge is -2.14. The van der Waals surface area contributed by atoms with E-state index in [1.54, 1.807) is 12.4 Å². The molecule has 2 aromatic rings. The first-order chi connectivity index (χ1) is 7.42. The summed E-state index contributed by atoms with van der Waals surface area (Å²) in [7, 11) is 0. The van der Waals surface area contributed by atoms with Crippen LogP contribution in [0.3, 0.4) is 0 Å². The molecule has 0 amide bonds. The van der Waals surface area contributed by atoms with Crippen molar-refractivity contribution in [2.24, 2.45) is 0 Å². The maximum atomic E-state index is 9.08. The molecule has 15 heavy (non-hydrogen) atoms. The van der Waals surface area contributed by atoms with E-state index in [2.05, 4.69) is 11.2 Å². The molecule has 1 aromatic heterocycles. The van der Waals surface area contributed by atoms with Crippen LogP contribution in [0.2, 0.25) is 0 Å². The van der Waals surface area contributed by atoms with Gasteiger partial charge in [-0.05, 0) is 24.3 Å². The molecular formula is C12H9N3. The fourth-order valence-electron chi connectivity index (χ4n) is 1.33. The molecule has 0 atom stereocenters. The second-order valence-electron chi connectivity index (χ2n) is 2.98. The van der Waals surface area contributed by atoms with Gasteiger partial charge in [0, 0.05) is 6.20 Å². The van der Waals surface area contributed by atoms with Gasteiger partial charge in [0.15, 0.2) is 6.19 Å². The van der Waals surface area contributed by atoms with Crippen LogP contribution in [0.1, 0.15) is 0 Å². The van der Waals surface area contributed by atoms with Crippen molar-refractivity contribution in [3.63, 3.8) is 0 Å². The van der Waals surface area contributed by atoms with Gasteiger partial charge in [-0.2, -0.15) is 5.26 Å². The smallest absolute Gasteiger partial charge is 0.189 e. The number of hydrogen-bond acceptors (Lipinski definition) is 3. The Morgan fingerprint density at radius 1 is 1.00 bits per heavy atom. The maximum Gasteiger partial charge on any atom is 0.189 e. The fraction of sp³-hybridized carbons (Fsp3) is 0. The molecule has 0 aliphatic rings. The van der Waals surface area contributed by atoms with Crippen molar-refractivity contribution >= 4 is 11.4 Å². The molecular weight excluding hydrogens is 186 g/mol. The average Bonchev–Trinajstić information content (AvgIpc) is 2.33. The van der Waals surface area contributed by atoms with E-state index in [4.69, 9.17) is 5.26 Å². The third-order valence-corrected chi connectivity index (χ3v) is 2.02. The summed E-state index contributed by atoms with van der Waals surface area (Å²) in [5.41, 5.74) is 1.61. The SMILES string of the molecule is N#CN(c1ccccc1)c1cccnc1. The zero-order valence-corrected chi connectivity index (χ0v) is 8.04. The van der Waals surface area contributed by atoms with E-state index >= 15 is 0 Å². The van der Waals surface area contributed by atoms with Crippen molar-refractivity contribution < 1.29 is 0 Å². The molecule has 0 radical (unpaired) electrons. The van der Waals surface area contributed by atoms with Gasteiger partial charge in [0.05, 0.1) is 17.6 Å². The fourth-order valence-corrected chi connectivity index (χ4v) is 1.33. The lowest BCUT2D eigenvalue weighted by molar-refractivity contribution is 1.22. The highest BCUT2D eigenvalue weighted by Gasteiger charge is 2.06. The molecule has 0 bridgehead atoms. The highest BCUT2D eigenvalue weighted by atomic mass is 15.1. The Morgan fingerprint density at radius 3 is 2.33 bits per heavy atom. The van der Waals surface area contributed by atoms with Crippen LogP contribution in [0.15, 0.2) is 54.9 Å². The number of rotatable bonds is 2. The first-order valence-electron chi connectivity index (χ1n) is 4.57. The first-order valence-corrected chi connectivity index (χ1v) is 4.57. The van der Waals surface area contributed by atoms with E-state index in [0.717, 1.165) is 11.4 Å². The number of para-hydroxylation sites is 1. The number of anilines is 2. The predicted octanol–water partition coefficient (Wildman–Crippen LogP) is 2.70. The first kappa shape index (κ1) is 9.22. The second kappa shape index (κ2) is 4.25. The topological polar surface area (TPSA) is 39.9 Å². The van der Waals surface area contributed by atoms with Gasteiger partial charge in [0.1, 0.15) is 0 Å². The van der Waals surface area contributed by atoms with Gasteiger partial charge in [-0.25, -0.2) is 4.90 Å². The van der Waals surface area contributed by atoms with Crippen LogP contribution >= 0.6 is 0 Å². The van der Waals surface area contributed by atoms with E-state index in [9.17, 15) is 0 Å². The van der Waals surface area contributed by atoms with Gasteiger partial charge < -0.3 is 0 Å². The summed E-state index contributed by atoms with van der Waals surface area (Å²) >= 11 is 0. The molecule has 0 aliphatic heterocycles. The number of aromatic nitrogens is 1. The Bertz CT molecular complexity index is 420. The summed E-state index contributed by atoms with van der Waals surface area (Å²) < 4.78 is 0. The zero-order chi connectivity index (χ0) is 10.5. The number of benzene rings is 1. The molecule has 2 rings (SSSR count). The second-order valence-corrected chi connectivity index (χ2v) is 2.98. The quantitative estimate of drug-likeness (QED) is 0.546. The summed E-state index contributed by atoms with van der Waals surface area (Å²) in [6, 6.07) is 13.1. The van der Waals surface area contributed by atoms with Crippen LogP contribution in [0.5, 0.6) is 0 Å². The van der Waals surface area contributed by atoms with E-state index < -0.39 is 0 Å². The van der Waals surface area contributed by atoms with Gasteiger partial charge in [-0.3, -0.25) is 4.98 Å². The standard InChI is InChI=1S/C12H9N3/c13-10-15(11-5-2-1-3-6-11)12-7-4-8-14-9-12/h1-9H. The average molecular weight is 195 g/mol. The molecule has 1 heterocycles. The third-order valence-electron chi connectivity index (χ3n) is 2.02. The minimum absolute atomic E-state index is 0.770. The van der Waals surface area contributed by atoms with Crippen LogP contribution < -0.4 is 4.90 Å². The Kier molecular flexibility index (Phi) is 2.61. The summed E-state index contributed by atoms with van der Waals surface area (Å²) in [6.07, 6.45) is 5.48. The molecule has 72 valence electrons. The molecule has 3 nitrogen and oxygen atoms in total. The van der Waals surface area contributed by atoms with Crippen molar-refractivity contribution in [1.29, 1.82) is 5.26 Å². The number of nitrogens with zero attached hydrogens (tertiary/aromatic N) is 3. The van der Waals surface area contributed by atoms with Gasteiger partial charge >= 0.3 is 0 Å². The Hall–Kier alpha value is -2.34. The van der Waals surface area contributed by atoms with Crippen LogP contribution in [-0.2, 0) is 0 Å². The Labute approximate surface area is 88.2 Å². The van der Waals surface area contributed by atoms with Crippen LogP contribution in [0.4, 0.5) is 11.4 Å². The maximum absolute atomic E-state index is 9.08. The summed E-state index contributed by atoms with van der Waals surface area (Å²) in [6.45, 7) is 0. The highest BCUT2D eigenvalue weighted by molar-refractivity contribution is 5.65. The monoisotopic (exact) mass is 195 g/mol. The Balaban J connectivity index is 2.39. The third kappa shape index (κ3) is 1.94. The molecule has 1 aromatic carbocycles. The predicted molar refractivity (Wildman–Crippen MR) is 58.4 cm³/mol. The molecule has 0 unspecified atom stereocenters. The van der Waals surface area contributed by atoms with Crippen LogP contribution in [0, 0.1) is 11.5 Å². The summed E-state index contributed by atoms with van der Waals surface area (Å²) in [5, 5.41) is 9.08. The number of pyridine rings is 1. The van der Waals surface area contributed by atoms with Crippen molar-refractivity contribution in [3.8, 4) is 6.19 Å². The molecule has 0 fully saturated rings. The van der Waals surface area contributed by atoms with Gasteiger partial charge in [0.2, 0.25) is 0 Å². The highest BCUT2D eigenvalue weighted by Crippen LogP contribution is 2.22. The van der Waals surface area contributed by atoms with Gasteiger partial charge in [-0.15, -0.1) is 0 Å². The van der Waals surface area contributed by atoms with E-state index in [-0.39, 0.29) is 0 Å². The van der Waals surface area contributed by atoms with E-state index in [0.29, 0.717) is 0 Å². The number of hydrogen-bond donors (Lipinski definition) is 0. The van der Waals surface area contributed by atoms with Crippen LogP contribution in [-0.4, -0.2) is 4.98 Å². The zero-order valence-electron chi connectivity index (χ0n) is 8.04. The molecule has 0 spiro atoms. The summed E-state index contributed by atoms with van der Waals surface area (Å²) in [5.74, 6) is 0. The van der Waals surface area contributed by atoms with E-state index in [1.165, 1.54) is 4.90 Å². The lowest BCUT2D eigenvalue weighted by atomic mass is 10.3. The molecule has 0 aliphatic carbocycles. The lowest BCUT2D eigenvalue weighted by Crippen LogP contribution is -2.08. The normalized spacial score (nSPS) is 9.27.